The third-order valence-electron chi connectivity index (χ3n) is 5.99. The highest BCUT2D eigenvalue weighted by atomic mass is 35.5. The molecule has 1 fully saturated rings. The number of esters is 1. The molecule has 2 aliphatic heterocycles. The number of carbonyl (C=O) groups excluding carboxylic acids is 3. The van der Waals surface area contributed by atoms with Gasteiger partial charge in [-0.2, -0.15) is 0 Å². The third kappa shape index (κ3) is 6.01. The maximum Gasteiger partial charge on any atom is 0.338 e. The summed E-state index contributed by atoms with van der Waals surface area (Å²) in [7, 11) is 0. The summed E-state index contributed by atoms with van der Waals surface area (Å²) in [6, 6.07) is 6.14. The van der Waals surface area contributed by atoms with Gasteiger partial charge in [0.1, 0.15) is 0 Å². The van der Waals surface area contributed by atoms with Gasteiger partial charge in [-0.15, -0.1) is 0 Å². The first-order chi connectivity index (χ1) is 16.4. The van der Waals surface area contributed by atoms with E-state index in [1.807, 2.05) is 19.9 Å². The molecule has 0 spiro atoms. The number of urea groups is 2. The van der Waals surface area contributed by atoms with Gasteiger partial charge in [0, 0.05) is 56.5 Å². The van der Waals surface area contributed by atoms with Gasteiger partial charge in [-0.25, -0.2) is 14.4 Å². The van der Waals surface area contributed by atoms with Crippen LogP contribution in [0.3, 0.4) is 0 Å². The predicted molar refractivity (Wildman–Crippen MR) is 130 cm³/mol. The normalized spacial score (nSPS) is 19.2. The van der Waals surface area contributed by atoms with E-state index < -0.39 is 12.0 Å². The topological polar surface area (TPSA) is 94.2 Å². The summed E-state index contributed by atoms with van der Waals surface area (Å²) in [5, 5.41) is 6.38. The lowest BCUT2D eigenvalue weighted by molar-refractivity contribution is -0.139. The van der Waals surface area contributed by atoms with Crippen molar-refractivity contribution in [1.29, 1.82) is 0 Å². The number of nitrogens with one attached hydrogen (secondary N) is 2. The van der Waals surface area contributed by atoms with Crippen molar-refractivity contribution in [3.8, 4) is 0 Å². The van der Waals surface area contributed by atoms with Crippen molar-refractivity contribution in [2.75, 3.05) is 52.4 Å². The Morgan fingerprint density at radius 3 is 2.53 bits per heavy atom. The highest BCUT2D eigenvalue weighted by Gasteiger charge is 2.38. The van der Waals surface area contributed by atoms with Crippen molar-refractivity contribution in [3.63, 3.8) is 0 Å². The Bertz CT molecular complexity index is 930. The average Bonchev–Trinajstić information content (AvgIpc) is 2.83. The Labute approximate surface area is 206 Å². The lowest BCUT2D eigenvalue weighted by Gasteiger charge is -2.40. The second kappa shape index (κ2) is 12.1. The first kappa shape index (κ1) is 25.8. The summed E-state index contributed by atoms with van der Waals surface area (Å²) in [4.78, 5) is 44.0. The lowest BCUT2D eigenvalue weighted by atomic mass is 9.94. The molecule has 2 aliphatic rings. The largest absolute Gasteiger partial charge is 0.463 e. The van der Waals surface area contributed by atoms with Gasteiger partial charge in [-0.3, -0.25) is 9.80 Å². The first-order valence-corrected chi connectivity index (χ1v) is 12.3. The molecule has 186 valence electrons. The van der Waals surface area contributed by atoms with Crippen molar-refractivity contribution >= 4 is 29.6 Å². The summed E-state index contributed by atoms with van der Waals surface area (Å²) < 4.78 is 5.41. The number of likely N-dealkylation sites (N-methyl/N-ethyl adjacent to an activating group) is 1. The van der Waals surface area contributed by atoms with Crippen molar-refractivity contribution < 1.29 is 19.1 Å². The standard InChI is InChI=1S/C24H34ClN5O4/c1-4-10-26-23(32)29-13-11-28(12-14-29)16-19-20(22(31)34-6-3)21(27-24(33)30(19)5-2)17-8-7-9-18(25)15-17/h7-9,15,21H,4-6,10-14,16H2,1-3H3,(H,26,32)(H,27,33). The van der Waals surface area contributed by atoms with Gasteiger partial charge in [0.05, 0.1) is 18.2 Å². The smallest absolute Gasteiger partial charge is 0.338 e. The van der Waals surface area contributed by atoms with Gasteiger partial charge >= 0.3 is 18.0 Å². The summed E-state index contributed by atoms with van der Waals surface area (Å²) >= 11 is 6.21. The fourth-order valence-electron chi connectivity index (χ4n) is 4.26. The molecule has 2 N–H and O–H groups in total. The second-order valence-corrected chi connectivity index (χ2v) is 8.69. The number of carbonyl (C=O) groups is 3. The van der Waals surface area contributed by atoms with Crippen LogP contribution in [0.25, 0.3) is 0 Å². The molecule has 0 aliphatic carbocycles. The van der Waals surface area contributed by atoms with E-state index in [2.05, 4.69) is 15.5 Å². The Morgan fingerprint density at radius 2 is 1.91 bits per heavy atom. The summed E-state index contributed by atoms with van der Waals surface area (Å²) in [5.74, 6) is -0.460. The van der Waals surface area contributed by atoms with Gasteiger partial charge in [0.15, 0.2) is 0 Å². The molecule has 34 heavy (non-hydrogen) atoms. The van der Waals surface area contributed by atoms with Crippen LogP contribution in [0.5, 0.6) is 0 Å². The van der Waals surface area contributed by atoms with Crippen LogP contribution in [-0.4, -0.2) is 85.2 Å². The van der Waals surface area contributed by atoms with Gasteiger partial charge in [0.2, 0.25) is 0 Å². The minimum Gasteiger partial charge on any atom is -0.463 e. The maximum atomic E-state index is 13.2. The highest BCUT2D eigenvalue weighted by Crippen LogP contribution is 2.33. The first-order valence-electron chi connectivity index (χ1n) is 11.9. The molecular formula is C24H34ClN5O4. The van der Waals surface area contributed by atoms with Gasteiger partial charge in [0.25, 0.3) is 0 Å². The number of hydrogen-bond donors (Lipinski definition) is 2. The maximum absolute atomic E-state index is 13.2. The molecular weight excluding hydrogens is 458 g/mol. The van der Waals surface area contributed by atoms with E-state index in [-0.39, 0.29) is 18.7 Å². The van der Waals surface area contributed by atoms with Crippen LogP contribution >= 0.6 is 11.6 Å². The molecule has 2 heterocycles. The monoisotopic (exact) mass is 491 g/mol. The van der Waals surface area contributed by atoms with Crippen LogP contribution in [0.15, 0.2) is 35.5 Å². The van der Waals surface area contributed by atoms with Crippen LogP contribution in [0, 0.1) is 0 Å². The molecule has 9 nitrogen and oxygen atoms in total. The Morgan fingerprint density at radius 1 is 1.18 bits per heavy atom. The second-order valence-electron chi connectivity index (χ2n) is 8.26. The molecule has 4 amide bonds. The molecule has 0 saturated carbocycles. The van der Waals surface area contributed by atoms with E-state index in [0.29, 0.717) is 62.1 Å². The molecule has 1 aromatic carbocycles. The molecule has 1 unspecified atom stereocenters. The molecule has 1 aromatic rings. The molecule has 3 rings (SSSR count). The van der Waals surface area contributed by atoms with Gasteiger partial charge < -0.3 is 20.3 Å². The zero-order valence-corrected chi connectivity index (χ0v) is 20.9. The zero-order chi connectivity index (χ0) is 24.7. The number of ether oxygens (including phenoxy) is 1. The van der Waals surface area contributed by atoms with E-state index >= 15 is 0 Å². The van der Waals surface area contributed by atoms with Crippen LogP contribution in [0.4, 0.5) is 9.59 Å². The number of amides is 4. The SMILES string of the molecule is CCCNC(=O)N1CCN(CC2=C(C(=O)OCC)C(c3cccc(Cl)c3)NC(=O)N2CC)CC1. The van der Waals surface area contributed by atoms with Crippen LogP contribution < -0.4 is 10.6 Å². The number of nitrogens with zero attached hydrogens (tertiary/aromatic N) is 3. The third-order valence-corrected chi connectivity index (χ3v) is 6.23. The summed E-state index contributed by atoms with van der Waals surface area (Å²) in [6.07, 6.45) is 0.888. The number of benzene rings is 1. The highest BCUT2D eigenvalue weighted by molar-refractivity contribution is 6.30. The minimum atomic E-state index is -0.663. The van der Waals surface area contributed by atoms with E-state index in [9.17, 15) is 14.4 Å². The number of hydrogen-bond acceptors (Lipinski definition) is 5. The molecule has 0 radical (unpaired) electrons. The van der Waals surface area contributed by atoms with E-state index in [0.717, 1.165) is 12.0 Å². The lowest BCUT2D eigenvalue weighted by Crippen LogP contribution is -2.55. The fraction of sp³-hybridized carbons (Fsp3) is 0.542. The van der Waals surface area contributed by atoms with Crippen LogP contribution in [0.1, 0.15) is 38.8 Å². The molecule has 10 heteroatoms. The zero-order valence-electron chi connectivity index (χ0n) is 20.1. The van der Waals surface area contributed by atoms with Crippen LogP contribution in [-0.2, 0) is 9.53 Å². The van der Waals surface area contributed by atoms with E-state index in [1.165, 1.54) is 0 Å². The van der Waals surface area contributed by atoms with Crippen LogP contribution in [0.2, 0.25) is 5.02 Å². The Balaban J connectivity index is 1.89. The molecule has 0 bridgehead atoms. The fourth-order valence-corrected chi connectivity index (χ4v) is 4.46. The molecule has 1 saturated heterocycles. The summed E-state index contributed by atoms with van der Waals surface area (Å²) in [6.45, 7) is 9.77. The molecule has 0 aromatic heterocycles. The average molecular weight is 492 g/mol. The predicted octanol–water partition coefficient (Wildman–Crippen LogP) is 2.98. The van der Waals surface area contributed by atoms with Crippen molar-refractivity contribution in [1.82, 2.24) is 25.3 Å². The summed E-state index contributed by atoms with van der Waals surface area (Å²) in [5.41, 5.74) is 1.75. The Hall–Kier alpha value is -2.78. The van der Waals surface area contributed by atoms with Crippen molar-refractivity contribution in [2.24, 2.45) is 0 Å². The molecule has 1 atom stereocenters. The van der Waals surface area contributed by atoms with E-state index in [4.69, 9.17) is 16.3 Å². The minimum absolute atomic E-state index is 0.0545. The van der Waals surface area contributed by atoms with Crippen molar-refractivity contribution in [2.45, 2.75) is 33.2 Å². The Kier molecular flexibility index (Phi) is 9.18. The number of rotatable bonds is 8. The quantitative estimate of drug-likeness (QED) is 0.545. The van der Waals surface area contributed by atoms with Gasteiger partial charge in [-0.1, -0.05) is 30.7 Å². The number of piperazine rings is 1. The van der Waals surface area contributed by atoms with Crippen molar-refractivity contribution in [3.05, 3.63) is 46.1 Å². The van der Waals surface area contributed by atoms with Gasteiger partial charge in [-0.05, 0) is 38.0 Å². The van der Waals surface area contributed by atoms with E-state index in [1.54, 1.807) is 34.9 Å². The number of halogens is 1.